The molecule has 0 fully saturated rings. The monoisotopic (exact) mass is 308 g/mol. The highest BCUT2D eigenvalue weighted by molar-refractivity contribution is 6.03. The van der Waals surface area contributed by atoms with Gasteiger partial charge in [0.1, 0.15) is 5.75 Å². The second kappa shape index (κ2) is 7.09. The Morgan fingerprint density at radius 1 is 1.13 bits per heavy atom. The molecule has 2 aromatic rings. The summed E-state index contributed by atoms with van der Waals surface area (Å²) >= 11 is 0. The molecule has 118 valence electrons. The summed E-state index contributed by atoms with van der Waals surface area (Å²) in [5.41, 5.74) is 7.13. The van der Waals surface area contributed by atoms with Gasteiger partial charge in [-0.15, -0.1) is 0 Å². The summed E-state index contributed by atoms with van der Waals surface area (Å²) in [5.74, 6) is 0.433. The van der Waals surface area contributed by atoms with Crippen molar-refractivity contribution in [3.05, 3.63) is 65.2 Å². The lowest BCUT2D eigenvalue weighted by Gasteiger charge is -2.17. The van der Waals surface area contributed by atoms with Crippen LogP contribution in [0.1, 0.15) is 29.5 Å². The zero-order chi connectivity index (χ0) is 16.1. The molecule has 0 atom stereocenters. The maximum atomic E-state index is 11.9. The van der Waals surface area contributed by atoms with Crippen molar-refractivity contribution in [3.63, 3.8) is 0 Å². The smallest absolute Gasteiger partial charge is 0.277 e. The van der Waals surface area contributed by atoms with Gasteiger partial charge in [0.25, 0.3) is 5.91 Å². The van der Waals surface area contributed by atoms with E-state index in [2.05, 4.69) is 22.7 Å². The molecule has 0 heterocycles. The van der Waals surface area contributed by atoms with E-state index in [0.717, 1.165) is 36.1 Å². The summed E-state index contributed by atoms with van der Waals surface area (Å²) in [6.45, 7) is 1.97. The Hall–Kier alpha value is -2.62. The van der Waals surface area contributed by atoms with Crippen LogP contribution < -0.4 is 10.2 Å². The van der Waals surface area contributed by atoms with Crippen LogP contribution in [0.4, 0.5) is 0 Å². The van der Waals surface area contributed by atoms with E-state index in [0.29, 0.717) is 5.75 Å². The van der Waals surface area contributed by atoms with E-state index < -0.39 is 0 Å². The number of aryl methyl sites for hydroxylation is 2. The maximum absolute atomic E-state index is 11.9. The molecule has 0 aromatic heterocycles. The summed E-state index contributed by atoms with van der Waals surface area (Å²) in [7, 11) is 0. The van der Waals surface area contributed by atoms with Gasteiger partial charge in [-0.3, -0.25) is 4.79 Å². The third-order valence-electron chi connectivity index (χ3n) is 3.89. The summed E-state index contributed by atoms with van der Waals surface area (Å²) in [4.78, 5) is 11.9. The molecule has 1 aliphatic rings. The number of carbonyl (C=O) groups is 1. The number of nitrogens with one attached hydrogen (secondary N) is 1. The van der Waals surface area contributed by atoms with Crippen molar-refractivity contribution < 1.29 is 9.53 Å². The predicted octanol–water partition coefficient (Wildman–Crippen LogP) is 3.23. The molecular formula is C19H20N2O2. The highest BCUT2D eigenvalue weighted by Gasteiger charge is 2.15. The van der Waals surface area contributed by atoms with Gasteiger partial charge in [0.05, 0.1) is 5.71 Å². The van der Waals surface area contributed by atoms with Crippen LogP contribution in [-0.2, 0) is 11.2 Å². The highest BCUT2D eigenvalue weighted by atomic mass is 16.5. The van der Waals surface area contributed by atoms with Crippen molar-refractivity contribution in [2.75, 3.05) is 6.61 Å². The lowest BCUT2D eigenvalue weighted by atomic mass is 9.90. The molecule has 0 bridgehead atoms. The summed E-state index contributed by atoms with van der Waals surface area (Å²) < 4.78 is 5.45. The number of rotatable bonds is 4. The molecule has 3 rings (SSSR count). The molecule has 4 nitrogen and oxygen atoms in total. The first kappa shape index (κ1) is 15.3. The van der Waals surface area contributed by atoms with Gasteiger partial charge < -0.3 is 4.74 Å². The standard InChI is InChI=1S/C19H20N2O2/c1-14-9-11-16(12-10-14)23-13-19(22)21-20-18-8-4-6-15-5-2-3-7-17(15)18/h2-3,5,7,9-12H,4,6,8,13H2,1H3,(H,21,22)/b20-18-. The molecule has 0 unspecified atom stereocenters. The van der Waals surface area contributed by atoms with E-state index in [1.54, 1.807) is 0 Å². The number of hydrazone groups is 1. The van der Waals surface area contributed by atoms with E-state index in [9.17, 15) is 4.79 Å². The number of amides is 1. The van der Waals surface area contributed by atoms with Crippen molar-refractivity contribution >= 4 is 11.6 Å². The third-order valence-corrected chi connectivity index (χ3v) is 3.89. The van der Waals surface area contributed by atoms with Crippen molar-refractivity contribution in [3.8, 4) is 5.75 Å². The quantitative estimate of drug-likeness (QED) is 0.882. The second-order valence-electron chi connectivity index (χ2n) is 5.71. The fourth-order valence-electron chi connectivity index (χ4n) is 2.66. The van der Waals surface area contributed by atoms with Gasteiger partial charge in [-0.05, 0) is 43.9 Å². The number of benzene rings is 2. The summed E-state index contributed by atoms with van der Waals surface area (Å²) in [6, 6.07) is 15.8. The molecule has 4 heteroatoms. The van der Waals surface area contributed by atoms with Crippen molar-refractivity contribution in [2.24, 2.45) is 5.10 Å². The Kier molecular flexibility index (Phi) is 4.71. The SMILES string of the molecule is Cc1ccc(OCC(=O)N/N=C2/CCCc3ccccc32)cc1. The van der Waals surface area contributed by atoms with E-state index in [-0.39, 0.29) is 12.5 Å². The van der Waals surface area contributed by atoms with Gasteiger partial charge in [-0.25, -0.2) is 5.43 Å². The summed E-state index contributed by atoms with van der Waals surface area (Å²) in [6.07, 6.45) is 3.02. The third kappa shape index (κ3) is 3.97. The Morgan fingerprint density at radius 3 is 2.74 bits per heavy atom. The topological polar surface area (TPSA) is 50.7 Å². The zero-order valence-electron chi connectivity index (χ0n) is 13.2. The van der Waals surface area contributed by atoms with Gasteiger partial charge in [-0.2, -0.15) is 5.10 Å². The van der Waals surface area contributed by atoms with E-state index in [1.165, 1.54) is 5.56 Å². The van der Waals surface area contributed by atoms with Gasteiger partial charge in [0.2, 0.25) is 0 Å². The first-order valence-electron chi connectivity index (χ1n) is 7.85. The largest absolute Gasteiger partial charge is 0.484 e. The maximum Gasteiger partial charge on any atom is 0.277 e. The lowest BCUT2D eigenvalue weighted by Crippen LogP contribution is -2.26. The zero-order valence-corrected chi connectivity index (χ0v) is 13.2. The average molecular weight is 308 g/mol. The molecule has 23 heavy (non-hydrogen) atoms. The van der Waals surface area contributed by atoms with E-state index in [4.69, 9.17) is 4.74 Å². The number of carbonyl (C=O) groups excluding carboxylic acids is 1. The van der Waals surface area contributed by atoms with Gasteiger partial charge >= 0.3 is 0 Å². The van der Waals surface area contributed by atoms with Crippen molar-refractivity contribution in [1.82, 2.24) is 5.43 Å². The average Bonchev–Trinajstić information content (AvgIpc) is 2.59. The molecule has 0 spiro atoms. The number of hydrogen-bond acceptors (Lipinski definition) is 3. The summed E-state index contributed by atoms with van der Waals surface area (Å²) in [5, 5.41) is 4.29. The van der Waals surface area contributed by atoms with Crippen molar-refractivity contribution in [2.45, 2.75) is 26.2 Å². The number of hydrogen-bond donors (Lipinski definition) is 1. The van der Waals surface area contributed by atoms with Crippen LogP contribution in [0.2, 0.25) is 0 Å². The first-order valence-corrected chi connectivity index (χ1v) is 7.85. The van der Waals surface area contributed by atoms with Gasteiger partial charge in [0.15, 0.2) is 6.61 Å². The first-order chi connectivity index (χ1) is 11.2. The van der Waals surface area contributed by atoms with Crippen LogP contribution in [0.25, 0.3) is 0 Å². The minimum absolute atomic E-state index is 0.0402. The van der Waals surface area contributed by atoms with Crippen LogP contribution in [0, 0.1) is 6.92 Å². The number of ether oxygens (including phenoxy) is 1. The van der Waals surface area contributed by atoms with Crippen LogP contribution >= 0.6 is 0 Å². The van der Waals surface area contributed by atoms with Crippen LogP contribution in [0.3, 0.4) is 0 Å². The van der Waals surface area contributed by atoms with E-state index in [1.807, 2.05) is 43.3 Å². The molecule has 1 aliphatic carbocycles. The highest BCUT2D eigenvalue weighted by Crippen LogP contribution is 2.21. The van der Waals surface area contributed by atoms with Gasteiger partial charge in [-0.1, -0.05) is 42.0 Å². The molecule has 0 saturated heterocycles. The van der Waals surface area contributed by atoms with Crippen LogP contribution in [0.5, 0.6) is 5.75 Å². The number of fused-ring (bicyclic) bond motifs is 1. The lowest BCUT2D eigenvalue weighted by molar-refractivity contribution is -0.123. The van der Waals surface area contributed by atoms with Gasteiger partial charge in [0, 0.05) is 5.56 Å². The van der Waals surface area contributed by atoms with E-state index >= 15 is 0 Å². The fraction of sp³-hybridized carbons (Fsp3) is 0.263. The molecule has 0 aliphatic heterocycles. The molecule has 1 amide bonds. The molecule has 0 radical (unpaired) electrons. The Bertz CT molecular complexity index is 720. The number of nitrogens with zero attached hydrogens (tertiary/aromatic N) is 1. The Labute approximate surface area is 136 Å². The minimum Gasteiger partial charge on any atom is -0.484 e. The normalized spacial score (nSPS) is 15.1. The predicted molar refractivity (Wildman–Crippen MR) is 90.7 cm³/mol. The van der Waals surface area contributed by atoms with Crippen LogP contribution in [0.15, 0.2) is 53.6 Å². The van der Waals surface area contributed by atoms with Crippen LogP contribution in [-0.4, -0.2) is 18.2 Å². The molecule has 1 N–H and O–H groups in total. The Morgan fingerprint density at radius 2 is 1.91 bits per heavy atom. The second-order valence-corrected chi connectivity index (χ2v) is 5.71. The minimum atomic E-state index is -0.249. The van der Waals surface area contributed by atoms with Crippen molar-refractivity contribution in [1.29, 1.82) is 0 Å². The Balaban J connectivity index is 1.57. The fourth-order valence-corrected chi connectivity index (χ4v) is 2.66. The molecule has 2 aromatic carbocycles. The molecule has 0 saturated carbocycles. The molecular weight excluding hydrogens is 288 g/mol.